The van der Waals surface area contributed by atoms with Crippen LogP contribution < -0.4 is 5.73 Å². The van der Waals surface area contributed by atoms with Crippen molar-refractivity contribution in [2.75, 3.05) is 7.11 Å². The number of rotatable bonds is 4. The number of nitrogens with zero attached hydrogens (tertiary/aromatic N) is 2. The van der Waals surface area contributed by atoms with E-state index >= 15 is 0 Å². The Labute approximate surface area is 102 Å². The maximum Gasteiger partial charge on any atom is 0.329 e. The summed E-state index contributed by atoms with van der Waals surface area (Å²) in [4.78, 5) is 15.9. The summed E-state index contributed by atoms with van der Waals surface area (Å²) in [7, 11) is 1.39. The fourth-order valence-corrected chi connectivity index (χ4v) is 1.85. The average molecular weight is 239 g/mol. The van der Waals surface area contributed by atoms with Gasteiger partial charge in [-0.3, -0.25) is 0 Å². The van der Waals surface area contributed by atoms with Gasteiger partial charge in [0.2, 0.25) is 0 Å². The molecule has 0 spiro atoms. The Bertz CT molecular complexity index is 391. The van der Waals surface area contributed by atoms with Gasteiger partial charge in [0.1, 0.15) is 6.04 Å². The highest BCUT2D eigenvalue weighted by molar-refractivity contribution is 5.74. The zero-order chi connectivity index (χ0) is 13.2. The number of hydrogen-bond acceptors (Lipinski definition) is 4. The zero-order valence-corrected chi connectivity index (χ0v) is 11.1. The van der Waals surface area contributed by atoms with Crippen molar-refractivity contribution in [3.05, 3.63) is 18.2 Å². The number of methoxy groups -OCH3 is 1. The molecule has 0 aliphatic rings. The maximum atomic E-state index is 11.8. The van der Waals surface area contributed by atoms with Gasteiger partial charge < -0.3 is 15.0 Å². The number of aromatic nitrogens is 2. The first kappa shape index (κ1) is 13.7. The van der Waals surface area contributed by atoms with E-state index in [0.717, 1.165) is 5.69 Å². The number of carbonyl (C=O) groups is 1. The molecule has 0 aromatic carbocycles. The van der Waals surface area contributed by atoms with Crippen molar-refractivity contribution in [3.63, 3.8) is 0 Å². The lowest BCUT2D eigenvalue weighted by Crippen LogP contribution is -2.35. The van der Waals surface area contributed by atoms with E-state index in [4.69, 9.17) is 10.5 Å². The molecule has 1 heterocycles. The summed E-state index contributed by atoms with van der Waals surface area (Å²) in [5.41, 5.74) is 6.35. The highest BCUT2D eigenvalue weighted by Crippen LogP contribution is 2.25. The van der Waals surface area contributed by atoms with Gasteiger partial charge in [0.05, 0.1) is 30.9 Å². The highest BCUT2D eigenvalue weighted by Gasteiger charge is 2.30. The minimum atomic E-state index is -0.544. The van der Waals surface area contributed by atoms with Crippen molar-refractivity contribution in [1.29, 1.82) is 0 Å². The van der Waals surface area contributed by atoms with E-state index in [2.05, 4.69) is 4.98 Å². The average Bonchev–Trinajstić information content (AvgIpc) is 2.65. The molecule has 2 N–H and O–H groups in total. The quantitative estimate of drug-likeness (QED) is 0.807. The first-order valence-corrected chi connectivity index (χ1v) is 5.68. The van der Waals surface area contributed by atoms with Crippen molar-refractivity contribution in [1.82, 2.24) is 9.55 Å². The van der Waals surface area contributed by atoms with Gasteiger partial charge >= 0.3 is 5.97 Å². The summed E-state index contributed by atoms with van der Waals surface area (Å²) in [5.74, 6) is -0.166. The van der Waals surface area contributed by atoms with Crippen molar-refractivity contribution < 1.29 is 9.53 Å². The van der Waals surface area contributed by atoms with E-state index in [1.165, 1.54) is 7.11 Å². The summed E-state index contributed by atoms with van der Waals surface area (Å²) in [6.45, 7) is 7.70. The number of carbonyl (C=O) groups excluding carboxylic acids is 1. The number of esters is 1. The molecule has 0 amide bonds. The van der Waals surface area contributed by atoms with Gasteiger partial charge in [0, 0.05) is 0 Å². The largest absolute Gasteiger partial charge is 0.467 e. The van der Waals surface area contributed by atoms with Crippen LogP contribution >= 0.6 is 0 Å². The van der Waals surface area contributed by atoms with E-state index in [1.54, 1.807) is 17.1 Å². The van der Waals surface area contributed by atoms with E-state index in [-0.39, 0.29) is 17.9 Å². The fourth-order valence-electron chi connectivity index (χ4n) is 1.85. The number of hydrogen-bond donors (Lipinski definition) is 1. The van der Waals surface area contributed by atoms with Crippen molar-refractivity contribution in [3.8, 4) is 0 Å². The van der Waals surface area contributed by atoms with Crippen molar-refractivity contribution in [2.24, 2.45) is 11.7 Å². The van der Waals surface area contributed by atoms with Crippen molar-refractivity contribution in [2.45, 2.75) is 39.3 Å². The Hall–Kier alpha value is -1.36. The van der Waals surface area contributed by atoms with Gasteiger partial charge in [-0.05, 0) is 19.8 Å². The molecule has 0 radical (unpaired) electrons. The van der Waals surface area contributed by atoms with Crippen LogP contribution in [0.25, 0.3) is 0 Å². The van der Waals surface area contributed by atoms with Crippen LogP contribution in [0, 0.1) is 5.92 Å². The van der Waals surface area contributed by atoms with Crippen LogP contribution in [0.3, 0.4) is 0 Å². The second-order valence-corrected chi connectivity index (χ2v) is 5.12. The fraction of sp³-hybridized carbons (Fsp3) is 0.667. The molecule has 1 atom stereocenters. The monoisotopic (exact) mass is 239 g/mol. The second kappa shape index (κ2) is 4.87. The van der Waals surface area contributed by atoms with Crippen LogP contribution in [0.2, 0.25) is 0 Å². The Morgan fingerprint density at radius 1 is 1.53 bits per heavy atom. The summed E-state index contributed by atoms with van der Waals surface area (Å²) in [6.07, 6.45) is 3.32. The molecule has 0 aliphatic heterocycles. The van der Waals surface area contributed by atoms with Crippen LogP contribution in [0.15, 0.2) is 12.5 Å². The zero-order valence-electron chi connectivity index (χ0n) is 11.1. The van der Waals surface area contributed by atoms with Crippen LogP contribution in [-0.4, -0.2) is 22.6 Å². The normalized spacial score (nSPS) is 13.8. The SMILES string of the molecule is COC(=O)C(C(C)C)n1cncc1C(C)(C)N. The highest BCUT2D eigenvalue weighted by atomic mass is 16.5. The molecular formula is C12H21N3O2. The Kier molecular flexibility index (Phi) is 3.93. The lowest BCUT2D eigenvalue weighted by atomic mass is 9.99. The first-order chi connectivity index (χ1) is 7.79. The van der Waals surface area contributed by atoms with E-state index in [0.29, 0.717) is 0 Å². The van der Waals surface area contributed by atoms with E-state index < -0.39 is 5.54 Å². The smallest absolute Gasteiger partial charge is 0.329 e. The van der Waals surface area contributed by atoms with Crippen LogP contribution in [-0.2, 0) is 15.1 Å². The Morgan fingerprint density at radius 2 is 2.12 bits per heavy atom. The second-order valence-electron chi connectivity index (χ2n) is 5.12. The molecule has 1 unspecified atom stereocenters. The third kappa shape index (κ3) is 2.85. The molecule has 0 bridgehead atoms. The lowest BCUT2D eigenvalue weighted by molar-refractivity contribution is -0.146. The molecule has 0 saturated heterocycles. The molecule has 1 aromatic rings. The third-order valence-corrected chi connectivity index (χ3v) is 2.70. The first-order valence-electron chi connectivity index (χ1n) is 5.68. The molecule has 5 heteroatoms. The Balaban J connectivity index is 3.21. The van der Waals surface area contributed by atoms with Gasteiger partial charge in [0.15, 0.2) is 0 Å². The molecular weight excluding hydrogens is 218 g/mol. The number of nitrogens with two attached hydrogens (primary N) is 1. The standard InChI is InChI=1S/C12H21N3O2/c1-8(2)10(11(16)17-5)15-7-14-6-9(15)12(3,4)13/h6-8,10H,13H2,1-5H3. The van der Waals surface area contributed by atoms with Crippen molar-refractivity contribution >= 4 is 5.97 Å². The molecule has 5 nitrogen and oxygen atoms in total. The van der Waals surface area contributed by atoms with Gasteiger partial charge in [-0.1, -0.05) is 13.8 Å². The van der Waals surface area contributed by atoms with Crippen LogP contribution in [0.4, 0.5) is 0 Å². The minimum Gasteiger partial charge on any atom is -0.467 e. The van der Waals surface area contributed by atoms with Crippen LogP contribution in [0.1, 0.15) is 39.4 Å². The summed E-state index contributed by atoms with van der Waals surface area (Å²) in [6, 6.07) is -0.389. The van der Waals surface area contributed by atoms with E-state index in [9.17, 15) is 4.79 Å². The molecule has 0 saturated carbocycles. The molecule has 17 heavy (non-hydrogen) atoms. The number of ether oxygens (including phenoxy) is 1. The Morgan fingerprint density at radius 3 is 2.53 bits per heavy atom. The van der Waals surface area contributed by atoms with Gasteiger partial charge in [-0.15, -0.1) is 0 Å². The molecule has 96 valence electrons. The molecule has 1 rings (SSSR count). The predicted octanol–water partition coefficient (Wildman–Crippen LogP) is 1.45. The van der Waals surface area contributed by atoms with Gasteiger partial charge in [-0.2, -0.15) is 0 Å². The summed E-state index contributed by atoms with van der Waals surface area (Å²) in [5, 5.41) is 0. The summed E-state index contributed by atoms with van der Waals surface area (Å²) >= 11 is 0. The number of imidazole rings is 1. The molecule has 0 aliphatic carbocycles. The van der Waals surface area contributed by atoms with Crippen LogP contribution in [0.5, 0.6) is 0 Å². The maximum absolute atomic E-state index is 11.8. The summed E-state index contributed by atoms with van der Waals surface area (Å²) < 4.78 is 6.64. The molecule has 1 aromatic heterocycles. The topological polar surface area (TPSA) is 70.1 Å². The minimum absolute atomic E-state index is 0.109. The third-order valence-electron chi connectivity index (χ3n) is 2.70. The molecule has 0 fully saturated rings. The van der Waals surface area contributed by atoms with E-state index in [1.807, 2.05) is 27.7 Å². The predicted molar refractivity (Wildman–Crippen MR) is 65.3 cm³/mol. The van der Waals surface area contributed by atoms with Gasteiger partial charge in [0.25, 0.3) is 0 Å². The lowest BCUT2D eigenvalue weighted by Gasteiger charge is -2.27. The van der Waals surface area contributed by atoms with Gasteiger partial charge in [-0.25, -0.2) is 9.78 Å².